The molecule has 1 aromatic rings. The molecule has 0 radical (unpaired) electrons. The van der Waals surface area contributed by atoms with E-state index in [1.165, 1.54) is 12.1 Å². The molecule has 0 spiro atoms. The lowest BCUT2D eigenvalue weighted by atomic mass is 10.1. The van der Waals surface area contributed by atoms with E-state index >= 15 is 0 Å². The normalized spacial score (nSPS) is 11.7. The van der Waals surface area contributed by atoms with Crippen molar-refractivity contribution in [3.05, 3.63) is 33.8 Å². The van der Waals surface area contributed by atoms with Crippen LogP contribution in [0.2, 0.25) is 0 Å². The zero-order valence-electron chi connectivity index (χ0n) is 9.14. The van der Waals surface area contributed by atoms with Gasteiger partial charge in [-0.1, -0.05) is 15.9 Å². The van der Waals surface area contributed by atoms with Crippen LogP contribution in [0.1, 0.15) is 29.8 Å². The molecule has 0 saturated heterocycles. The first-order chi connectivity index (χ1) is 7.71. The molecule has 0 atom stereocenters. The van der Waals surface area contributed by atoms with Crippen LogP contribution < -0.4 is 0 Å². The van der Waals surface area contributed by atoms with E-state index in [0.29, 0.717) is 0 Å². The molecule has 0 bridgehead atoms. The van der Waals surface area contributed by atoms with Crippen molar-refractivity contribution in [2.75, 3.05) is 0 Å². The summed E-state index contributed by atoms with van der Waals surface area (Å²) in [6.07, 6.45) is -4.88. The van der Waals surface area contributed by atoms with E-state index in [1.54, 1.807) is 13.8 Å². The average molecular weight is 311 g/mol. The third kappa shape index (κ3) is 3.73. The molecular weight excluding hydrogens is 301 g/mol. The van der Waals surface area contributed by atoms with Crippen LogP contribution in [0.25, 0.3) is 0 Å². The van der Waals surface area contributed by atoms with E-state index in [2.05, 4.69) is 15.9 Å². The summed E-state index contributed by atoms with van der Waals surface area (Å²) in [5.74, 6) is -0.766. The van der Waals surface area contributed by atoms with Crippen molar-refractivity contribution in [3.63, 3.8) is 0 Å². The Kier molecular flexibility index (Phi) is 4.19. The van der Waals surface area contributed by atoms with Gasteiger partial charge in [-0.25, -0.2) is 4.79 Å². The van der Waals surface area contributed by atoms with Gasteiger partial charge in [0, 0.05) is 4.47 Å². The topological polar surface area (TPSA) is 26.3 Å². The minimum Gasteiger partial charge on any atom is -0.459 e. The van der Waals surface area contributed by atoms with E-state index in [1.807, 2.05) is 0 Å². The van der Waals surface area contributed by atoms with Crippen molar-refractivity contribution in [1.29, 1.82) is 0 Å². The molecule has 0 saturated carbocycles. The van der Waals surface area contributed by atoms with E-state index in [9.17, 15) is 18.0 Å². The molecule has 0 unspecified atom stereocenters. The van der Waals surface area contributed by atoms with Gasteiger partial charge in [-0.2, -0.15) is 13.2 Å². The van der Waals surface area contributed by atoms with Gasteiger partial charge in [0.05, 0.1) is 17.2 Å². The molecule has 0 N–H and O–H groups in total. The van der Waals surface area contributed by atoms with Crippen LogP contribution in [0.5, 0.6) is 0 Å². The van der Waals surface area contributed by atoms with Crippen LogP contribution in [-0.2, 0) is 10.9 Å². The van der Waals surface area contributed by atoms with Gasteiger partial charge in [0.2, 0.25) is 0 Å². The van der Waals surface area contributed by atoms with Gasteiger partial charge < -0.3 is 4.74 Å². The van der Waals surface area contributed by atoms with Crippen molar-refractivity contribution in [2.24, 2.45) is 0 Å². The Bertz CT molecular complexity index is 427. The van der Waals surface area contributed by atoms with Crippen LogP contribution in [-0.4, -0.2) is 12.1 Å². The molecule has 6 heteroatoms. The Morgan fingerprint density at radius 3 is 2.41 bits per heavy atom. The first-order valence-corrected chi connectivity index (χ1v) is 5.59. The maximum atomic E-state index is 12.6. The van der Waals surface area contributed by atoms with Gasteiger partial charge >= 0.3 is 12.1 Å². The molecule has 0 aliphatic carbocycles. The lowest BCUT2D eigenvalue weighted by Crippen LogP contribution is -2.13. The zero-order valence-corrected chi connectivity index (χ0v) is 10.7. The fraction of sp³-hybridized carbons (Fsp3) is 0.364. The standard InChI is InChI=1S/C11H10BrF3O2/c1-6(2)17-10(16)7-3-4-9(12)8(5-7)11(13,14)15/h3-6H,1-2H3. The first kappa shape index (κ1) is 14.0. The van der Waals surface area contributed by atoms with E-state index in [0.717, 1.165) is 6.07 Å². The summed E-state index contributed by atoms with van der Waals surface area (Å²) < 4.78 is 42.4. The van der Waals surface area contributed by atoms with Crippen LogP contribution >= 0.6 is 15.9 Å². The van der Waals surface area contributed by atoms with Crippen molar-refractivity contribution in [1.82, 2.24) is 0 Å². The number of rotatable bonds is 2. The Hall–Kier alpha value is -1.04. The summed E-state index contributed by atoms with van der Waals surface area (Å²) in [6, 6.07) is 3.23. The minimum atomic E-state index is -4.51. The fourth-order valence-electron chi connectivity index (χ4n) is 1.15. The zero-order chi connectivity index (χ0) is 13.2. The van der Waals surface area contributed by atoms with Crippen molar-refractivity contribution in [2.45, 2.75) is 26.1 Å². The molecule has 0 aromatic heterocycles. The van der Waals surface area contributed by atoms with Gasteiger partial charge in [-0.3, -0.25) is 0 Å². The summed E-state index contributed by atoms with van der Waals surface area (Å²) in [6.45, 7) is 3.25. The quantitative estimate of drug-likeness (QED) is 0.771. The Labute approximate surface area is 105 Å². The lowest BCUT2D eigenvalue weighted by Gasteiger charge is -2.12. The van der Waals surface area contributed by atoms with Crippen LogP contribution in [0.4, 0.5) is 13.2 Å². The highest BCUT2D eigenvalue weighted by atomic mass is 79.9. The number of hydrogen-bond donors (Lipinski definition) is 0. The molecule has 0 fully saturated rings. The summed E-state index contributed by atoms with van der Waals surface area (Å²) in [5.41, 5.74) is -1.01. The van der Waals surface area contributed by atoms with Gasteiger partial charge in [-0.15, -0.1) is 0 Å². The minimum absolute atomic E-state index is 0.105. The van der Waals surface area contributed by atoms with Crippen molar-refractivity contribution >= 4 is 21.9 Å². The largest absolute Gasteiger partial charge is 0.459 e. The summed E-state index contributed by atoms with van der Waals surface area (Å²) in [4.78, 5) is 11.4. The Morgan fingerprint density at radius 1 is 1.35 bits per heavy atom. The van der Waals surface area contributed by atoms with Gasteiger partial charge in [0.1, 0.15) is 0 Å². The second-order valence-corrected chi connectivity index (χ2v) is 4.50. The van der Waals surface area contributed by atoms with E-state index < -0.39 is 17.7 Å². The molecular formula is C11H10BrF3O2. The predicted molar refractivity (Wildman–Crippen MR) is 59.7 cm³/mol. The van der Waals surface area contributed by atoms with Gasteiger partial charge in [0.15, 0.2) is 0 Å². The summed E-state index contributed by atoms with van der Waals surface area (Å²) in [7, 11) is 0. The molecule has 0 aliphatic heterocycles. The van der Waals surface area contributed by atoms with Gasteiger partial charge in [0.25, 0.3) is 0 Å². The third-order valence-corrected chi connectivity index (χ3v) is 2.54. The second kappa shape index (κ2) is 5.08. The first-order valence-electron chi connectivity index (χ1n) is 4.79. The molecule has 94 valence electrons. The number of halogens is 4. The van der Waals surface area contributed by atoms with Crippen molar-refractivity contribution in [3.8, 4) is 0 Å². The van der Waals surface area contributed by atoms with Crippen LogP contribution in [0.15, 0.2) is 22.7 Å². The molecule has 2 nitrogen and oxygen atoms in total. The monoisotopic (exact) mass is 310 g/mol. The molecule has 17 heavy (non-hydrogen) atoms. The lowest BCUT2D eigenvalue weighted by molar-refractivity contribution is -0.138. The maximum absolute atomic E-state index is 12.6. The third-order valence-electron chi connectivity index (χ3n) is 1.85. The average Bonchev–Trinajstić information content (AvgIpc) is 2.15. The van der Waals surface area contributed by atoms with Crippen molar-refractivity contribution < 1.29 is 22.7 Å². The number of hydrogen-bond acceptors (Lipinski definition) is 2. The number of alkyl halides is 3. The second-order valence-electron chi connectivity index (χ2n) is 3.65. The molecule has 0 heterocycles. The van der Waals surface area contributed by atoms with Crippen LogP contribution in [0, 0.1) is 0 Å². The molecule has 0 amide bonds. The van der Waals surface area contributed by atoms with Crippen LogP contribution in [0.3, 0.4) is 0 Å². The Balaban J connectivity index is 3.09. The highest BCUT2D eigenvalue weighted by Gasteiger charge is 2.33. The molecule has 1 aromatic carbocycles. The number of carbonyl (C=O) groups excluding carboxylic acids is 1. The molecule has 0 aliphatic rings. The van der Waals surface area contributed by atoms with E-state index in [-0.39, 0.29) is 16.1 Å². The summed E-state index contributed by atoms with van der Waals surface area (Å²) >= 11 is 2.79. The predicted octanol–water partition coefficient (Wildman–Crippen LogP) is 4.03. The smallest absolute Gasteiger partial charge is 0.417 e. The maximum Gasteiger partial charge on any atom is 0.417 e. The van der Waals surface area contributed by atoms with E-state index in [4.69, 9.17) is 4.74 Å². The Morgan fingerprint density at radius 2 is 1.94 bits per heavy atom. The van der Waals surface area contributed by atoms with Gasteiger partial charge in [-0.05, 0) is 32.0 Å². The number of ether oxygens (including phenoxy) is 1. The number of esters is 1. The SMILES string of the molecule is CC(C)OC(=O)c1ccc(Br)c(C(F)(F)F)c1. The number of benzene rings is 1. The fourth-order valence-corrected chi connectivity index (χ4v) is 1.62. The highest BCUT2D eigenvalue weighted by Crippen LogP contribution is 2.35. The summed E-state index contributed by atoms with van der Waals surface area (Å²) in [5, 5.41) is 0. The molecule has 1 rings (SSSR count). The highest BCUT2D eigenvalue weighted by molar-refractivity contribution is 9.10. The number of carbonyl (C=O) groups is 1.